The van der Waals surface area contributed by atoms with Crippen LogP contribution in [-0.4, -0.2) is 43.2 Å². The second kappa shape index (κ2) is 5.06. The van der Waals surface area contributed by atoms with Crippen LogP contribution in [0.3, 0.4) is 0 Å². The highest BCUT2D eigenvalue weighted by Gasteiger charge is 2.30. The van der Waals surface area contributed by atoms with Gasteiger partial charge in [-0.25, -0.2) is 8.42 Å². The summed E-state index contributed by atoms with van der Waals surface area (Å²) in [6.45, 7) is 0.0880. The third-order valence-corrected chi connectivity index (χ3v) is 4.68. The van der Waals surface area contributed by atoms with Crippen molar-refractivity contribution in [3.63, 3.8) is 0 Å². The van der Waals surface area contributed by atoms with E-state index in [1.807, 2.05) is 0 Å². The largest absolute Gasteiger partial charge is 0.393 e. The number of hydrogen-bond acceptors (Lipinski definition) is 6. The van der Waals surface area contributed by atoms with E-state index in [-0.39, 0.29) is 35.9 Å². The lowest BCUT2D eigenvalue weighted by molar-refractivity contribution is -0.383. The second-order valence-electron chi connectivity index (χ2n) is 4.17. The highest BCUT2D eigenvalue weighted by atomic mass is 32.2. The van der Waals surface area contributed by atoms with E-state index < -0.39 is 20.9 Å². The van der Waals surface area contributed by atoms with Crippen LogP contribution in [0.15, 0.2) is 23.1 Å². The Bertz CT molecular complexity index is 672. The molecule has 1 amide bonds. The minimum atomic E-state index is -3.89. The molecule has 0 spiro atoms. The topological polar surface area (TPSA) is 136 Å². The number of carbonyl (C=O) groups is 1. The Hall–Kier alpha value is -2.20. The third kappa shape index (κ3) is 2.56. The van der Waals surface area contributed by atoms with Gasteiger partial charge in [0, 0.05) is 19.2 Å². The minimum Gasteiger partial charge on any atom is -0.393 e. The first kappa shape index (κ1) is 14.2. The van der Waals surface area contributed by atoms with E-state index >= 15 is 0 Å². The van der Waals surface area contributed by atoms with Crippen molar-refractivity contribution in [2.75, 3.05) is 25.4 Å². The Labute approximate surface area is 114 Å². The molecule has 1 fully saturated rings. The number of sulfonamides is 1. The molecule has 1 saturated heterocycles. The molecule has 3 N–H and O–H groups in total. The number of rotatable bonds is 3. The van der Waals surface area contributed by atoms with E-state index in [0.717, 1.165) is 22.5 Å². The highest BCUT2D eigenvalue weighted by molar-refractivity contribution is 7.89. The van der Waals surface area contributed by atoms with E-state index in [2.05, 4.69) is 5.32 Å². The molecule has 0 bridgehead atoms. The van der Waals surface area contributed by atoms with Gasteiger partial charge in [-0.15, -0.1) is 0 Å². The van der Waals surface area contributed by atoms with Crippen molar-refractivity contribution in [1.82, 2.24) is 9.62 Å². The summed E-state index contributed by atoms with van der Waals surface area (Å²) in [5, 5.41) is 13.2. The lowest BCUT2D eigenvalue weighted by Gasteiger charge is -2.25. The minimum absolute atomic E-state index is 0.144. The van der Waals surface area contributed by atoms with E-state index in [0.29, 0.717) is 0 Å². The van der Waals surface area contributed by atoms with Gasteiger partial charge in [-0.05, 0) is 12.1 Å². The van der Waals surface area contributed by atoms with Crippen molar-refractivity contribution in [1.29, 1.82) is 0 Å². The van der Waals surface area contributed by atoms with Crippen LogP contribution in [0, 0.1) is 10.1 Å². The number of benzene rings is 1. The standard InChI is InChI=1S/C10H12N4O5S/c11-8-5-7(1-2-9(8)14(16)17)20(18,19)13-4-3-12-10(15)6-13/h1-2,5H,3-4,6,11H2,(H,12,15). The van der Waals surface area contributed by atoms with E-state index in [4.69, 9.17) is 5.73 Å². The number of amides is 1. The molecule has 20 heavy (non-hydrogen) atoms. The van der Waals surface area contributed by atoms with Crippen molar-refractivity contribution in [3.05, 3.63) is 28.3 Å². The summed E-state index contributed by atoms with van der Waals surface area (Å²) in [5.41, 5.74) is 4.87. The van der Waals surface area contributed by atoms with Gasteiger partial charge in [-0.1, -0.05) is 0 Å². The van der Waals surface area contributed by atoms with Gasteiger partial charge in [0.25, 0.3) is 5.69 Å². The monoisotopic (exact) mass is 300 g/mol. The van der Waals surface area contributed by atoms with Crippen LogP contribution in [0.2, 0.25) is 0 Å². The van der Waals surface area contributed by atoms with Crippen molar-refractivity contribution >= 4 is 27.3 Å². The number of nitrogens with two attached hydrogens (primary N) is 1. The quantitative estimate of drug-likeness (QED) is 0.430. The number of nitro groups is 1. The normalized spacial score (nSPS) is 16.7. The molecule has 1 heterocycles. The van der Waals surface area contributed by atoms with Crippen LogP contribution in [0.4, 0.5) is 11.4 Å². The smallest absolute Gasteiger partial charge is 0.292 e. The Morgan fingerprint density at radius 1 is 1.40 bits per heavy atom. The van der Waals surface area contributed by atoms with Crippen LogP contribution in [0.25, 0.3) is 0 Å². The molecule has 0 aromatic heterocycles. The Balaban J connectivity index is 2.37. The maximum absolute atomic E-state index is 12.3. The van der Waals surface area contributed by atoms with Gasteiger partial charge < -0.3 is 11.1 Å². The third-order valence-electron chi connectivity index (χ3n) is 2.84. The van der Waals surface area contributed by atoms with Gasteiger partial charge in [0.15, 0.2) is 0 Å². The van der Waals surface area contributed by atoms with Gasteiger partial charge in [-0.3, -0.25) is 14.9 Å². The number of piperazine rings is 1. The average Bonchev–Trinajstić information content (AvgIpc) is 2.38. The molecule has 9 nitrogen and oxygen atoms in total. The van der Waals surface area contributed by atoms with Crippen LogP contribution < -0.4 is 11.1 Å². The second-order valence-corrected chi connectivity index (χ2v) is 6.10. The van der Waals surface area contributed by atoms with Crippen LogP contribution in [0.1, 0.15) is 0 Å². The van der Waals surface area contributed by atoms with E-state index in [9.17, 15) is 23.3 Å². The summed E-state index contributed by atoms with van der Waals surface area (Å²) in [6, 6.07) is 3.17. The predicted octanol–water partition coefficient (Wildman–Crippen LogP) is -0.702. The average molecular weight is 300 g/mol. The fourth-order valence-electron chi connectivity index (χ4n) is 1.83. The van der Waals surface area contributed by atoms with Gasteiger partial charge in [0.2, 0.25) is 15.9 Å². The molecule has 1 aromatic rings. The molecule has 10 heteroatoms. The van der Waals surface area contributed by atoms with Crippen molar-refractivity contribution < 1.29 is 18.1 Å². The van der Waals surface area contributed by atoms with Crippen LogP contribution in [0.5, 0.6) is 0 Å². The molecule has 0 radical (unpaired) electrons. The summed E-state index contributed by atoms with van der Waals surface area (Å²) in [5.74, 6) is -0.394. The Morgan fingerprint density at radius 3 is 2.65 bits per heavy atom. The fourth-order valence-corrected chi connectivity index (χ4v) is 3.26. The zero-order valence-corrected chi connectivity index (χ0v) is 11.1. The Kier molecular flexibility index (Phi) is 3.59. The molecule has 1 aromatic carbocycles. The number of hydrogen-bond donors (Lipinski definition) is 2. The molecule has 0 saturated carbocycles. The van der Waals surface area contributed by atoms with Gasteiger partial charge in [0.05, 0.1) is 16.4 Å². The lowest BCUT2D eigenvalue weighted by Crippen LogP contribution is -2.49. The predicted molar refractivity (Wildman–Crippen MR) is 69.3 cm³/mol. The number of carbonyl (C=O) groups excluding carboxylic acids is 1. The summed E-state index contributed by atoms with van der Waals surface area (Å²) < 4.78 is 25.6. The first-order valence-electron chi connectivity index (χ1n) is 5.63. The number of nitro benzene ring substituents is 1. The zero-order valence-electron chi connectivity index (χ0n) is 10.3. The zero-order chi connectivity index (χ0) is 14.9. The molecule has 1 aliphatic heterocycles. The summed E-state index contributed by atoms with van der Waals surface area (Å²) in [4.78, 5) is 21.0. The summed E-state index contributed by atoms with van der Waals surface area (Å²) >= 11 is 0. The molecule has 0 atom stereocenters. The number of anilines is 1. The van der Waals surface area contributed by atoms with E-state index in [1.54, 1.807) is 0 Å². The van der Waals surface area contributed by atoms with Crippen molar-refractivity contribution in [2.45, 2.75) is 4.90 Å². The molecule has 0 aliphatic carbocycles. The van der Waals surface area contributed by atoms with Gasteiger partial charge >= 0.3 is 0 Å². The van der Waals surface area contributed by atoms with E-state index in [1.165, 1.54) is 0 Å². The molecule has 0 unspecified atom stereocenters. The first-order valence-corrected chi connectivity index (χ1v) is 7.07. The maximum atomic E-state index is 12.3. The highest BCUT2D eigenvalue weighted by Crippen LogP contribution is 2.26. The molecular weight excluding hydrogens is 288 g/mol. The number of nitrogen functional groups attached to an aromatic ring is 1. The van der Waals surface area contributed by atoms with Crippen LogP contribution in [-0.2, 0) is 14.8 Å². The molecular formula is C10H12N4O5S. The summed E-state index contributed by atoms with van der Waals surface area (Å²) in [7, 11) is -3.89. The fraction of sp³-hybridized carbons (Fsp3) is 0.300. The summed E-state index contributed by atoms with van der Waals surface area (Å²) in [6.07, 6.45) is 0. The van der Waals surface area contributed by atoms with Crippen molar-refractivity contribution in [3.8, 4) is 0 Å². The van der Waals surface area contributed by atoms with Gasteiger partial charge in [-0.2, -0.15) is 4.31 Å². The number of nitrogens with one attached hydrogen (secondary N) is 1. The molecule has 108 valence electrons. The first-order chi connectivity index (χ1) is 9.32. The Morgan fingerprint density at radius 2 is 2.10 bits per heavy atom. The molecule has 1 aliphatic rings. The number of nitrogens with zero attached hydrogens (tertiary/aromatic N) is 2. The van der Waals surface area contributed by atoms with Gasteiger partial charge in [0.1, 0.15) is 5.69 Å². The van der Waals surface area contributed by atoms with Crippen LogP contribution >= 0.6 is 0 Å². The SMILES string of the molecule is Nc1cc(S(=O)(=O)N2CCNC(=O)C2)ccc1[N+](=O)[O-]. The van der Waals surface area contributed by atoms with Crippen molar-refractivity contribution in [2.24, 2.45) is 0 Å². The molecule has 2 rings (SSSR count). The maximum Gasteiger partial charge on any atom is 0.292 e. The lowest BCUT2D eigenvalue weighted by atomic mass is 10.3.